The molecule has 0 atom stereocenters. The number of halogens is 1. The van der Waals surface area contributed by atoms with Gasteiger partial charge in [0.25, 0.3) is 5.91 Å². The van der Waals surface area contributed by atoms with Crippen LogP contribution in [0.15, 0.2) is 48.5 Å². The van der Waals surface area contributed by atoms with Gasteiger partial charge < -0.3 is 19.9 Å². The smallest absolute Gasteiger partial charge is 0.268 e. The molecule has 2 aromatic rings. The van der Waals surface area contributed by atoms with Gasteiger partial charge in [0.1, 0.15) is 5.75 Å². The number of para-hydroxylation sites is 2. The van der Waals surface area contributed by atoms with Crippen LogP contribution in [0.5, 0.6) is 5.75 Å². The largest absolute Gasteiger partial charge is 0.478 e. The summed E-state index contributed by atoms with van der Waals surface area (Å²) >= 11 is 6.52. The van der Waals surface area contributed by atoms with E-state index in [9.17, 15) is 4.79 Å². The van der Waals surface area contributed by atoms with Crippen molar-refractivity contribution < 1.29 is 9.53 Å². The van der Waals surface area contributed by atoms with Crippen LogP contribution in [0.4, 0.5) is 11.4 Å². The van der Waals surface area contributed by atoms with E-state index < -0.39 is 5.60 Å². The molecule has 3 rings (SSSR count). The third-order valence-corrected chi connectivity index (χ3v) is 5.34. The summed E-state index contributed by atoms with van der Waals surface area (Å²) in [6, 6.07) is 15.0. The highest BCUT2D eigenvalue weighted by atomic mass is 35.5. The Kier molecular flexibility index (Phi) is 6.47. The van der Waals surface area contributed by atoms with Gasteiger partial charge >= 0.3 is 0 Å². The molecule has 6 heteroatoms. The second-order valence-electron chi connectivity index (χ2n) is 7.44. The van der Waals surface area contributed by atoms with Crippen molar-refractivity contribution in [1.29, 1.82) is 0 Å². The van der Waals surface area contributed by atoms with Crippen LogP contribution < -0.4 is 15.0 Å². The zero-order chi connectivity index (χ0) is 20.1. The number of carbonyl (C=O) groups excluding carboxylic acids is 1. The SMILES string of the molecule is CCN1CCN(c2c(Cl)cccc2NC(=O)C(C)(C)Oc2ccccc2)CC1. The van der Waals surface area contributed by atoms with Crippen molar-refractivity contribution in [3.63, 3.8) is 0 Å². The molecule has 2 aromatic carbocycles. The maximum atomic E-state index is 13.0. The second-order valence-corrected chi connectivity index (χ2v) is 7.84. The van der Waals surface area contributed by atoms with E-state index in [4.69, 9.17) is 16.3 Å². The van der Waals surface area contributed by atoms with Crippen molar-refractivity contribution >= 4 is 28.9 Å². The van der Waals surface area contributed by atoms with Crippen LogP contribution in [0.3, 0.4) is 0 Å². The van der Waals surface area contributed by atoms with Crippen molar-refractivity contribution in [2.75, 3.05) is 42.9 Å². The molecule has 0 aliphatic carbocycles. The first kappa shape index (κ1) is 20.5. The lowest BCUT2D eigenvalue weighted by atomic mass is 10.1. The summed E-state index contributed by atoms with van der Waals surface area (Å²) in [5.41, 5.74) is 0.568. The minimum absolute atomic E-state index is 0.216. The minimum atomic E-state index is -1.03. The summed E-state index contributed by atoms with van der Waals surface area (Å²) in [4.78, 5) is 17.6. The molecule has 0 saturated carbocycles. The summed E-state index contributed by atoms with van der Waals surface area (Å²) in [7, 11) is 0. The fourth-order valence-electron chi connectivity index (χ4n) is 3.33. The number of nitrogens with zero attached hydrogens (tertiary/aromatic N) is 2. The molecule has 1 aliphatic heterocycles. The van der Waals surface area contributed by atoms with Crippen molar-refractivity contribution in [3.05, 3.63) is 53.6 Å². The molecule has 1 heterocycles. The summed E-state index contributed by atoms with van der Waals surface area (Å²) in [6.45, 7) is 10.5. The molecule has 0 bridgehead atoms. The number of amides is 1. The van der Waals surface area contributed by atoms with Gasteiger partial charge in [0.05, 0.1) is 16.4 Å². The van der Waals surface area contributed by atoms with Crippen LogP contribution in [-0.2, 0) is 4.79 Å². The Labute approximate surface area is 172 Å². The van der Waals surface area contributed by atoms with Crippen molar-refractivity contribution in [3.8, 4) is 5.75 Å². The molecule has 0 unspecified atom stereocenters. The Bertz CT molecular complexity index is 803. The third-order valence-electron chi connectivity index (χ3n) is 5.03. The predicted octanol–water partition coefficient (Wildman–Crippen LogP) is 4.28. The predicted molar refractivity (Wildman–Crippen MR) is 116 cm³/mol. The van der Waals surface area contributed by atoms with Gasteiger partial charge in [0, 0.05) is 26.2 Å². The number of rotatable bonds is 6. The van der Waals surface area contributed by atoms with Gasteiger partial charge in [0.2, 0.25) is 0 Å². The highest BCUT2D eigenvalue weighted by Gasteiger charge is 2.31. The Morgan fingerprint density at radius 2 is 1.75 bits per heavy atom. The highest BCUT2D eigenvalue weighted by Crippen LogP contribution is 2.35. The average molecular weight is 402 g/mol. The number of hydrogen-bond donors (Lipinski definition) is 1. The third kappa shape index (κ3) is 4.78. The van der Waals surface area contributed by atoms with Gasteiger partial charge in [-0.3, -0.25) is 4.79 Å². The van der Waals surface area contributed by atoms with E-state index >= 15 is 0 Å². The van der Waals surface area contributed by atoms with Crippen molar-refractivity contribution in [2.24, 2.45) is 0 Å². The van der Waals surface area contributed by atoms with Crippen LogP contribution in [0.1, 0.15) is 20.8 Å². The molecule has 0 aromatic heterocycles. The number of ether oxygens (including phenoxy) is 1. The van der Waals surface area contributed by atoms with Crippen LogP contribution in [0, 0.1) is 0 Å². The van der Waals surface area contributed by atoms with Gasteiger partial charge in [-0.15, -0.1) is 0 Å². The molecule has 1 N–H and O–H groups in total. The Morgan fingerprint density at radius 3 is 2.39 bits per heavy atom. The second kappa shape index (κ2) is 8.84. The summed E-state index contributed by atoms with van der Waals surface area (Å²) in [5.74, 6) is 0.441. The number of nitrogens with one attached hydrogen (secondary N) is 1. The maximum Gasteiger partial charge on any atom is 0.268 e. The number of likely N-dealkylation sites (N-methyl/N-ethyl adjacent to an activating group) is 1. The molecular weight excluding hydrogens is 374 g/mol. The average Bonchev–Trinajstić information content (AvgIpc) is 2.69. The molecule has 28 heavy (non-hydrogen) atoms. The Morgan fingerprint density at radius 1 is 1.07 bits per heavy atom. The lowest BCUT2D eigenvalue weighted by molar-refractivity contribution is -0.128. The van der Waals surface area contributed by atoms with Crippen LogP contribution in [0.25, 0.3) is 0 Å². The van der Waals surface area contributed by atoms with Gasteiger partial charge in [0.15, 0.2) is 5.60 Å². The Hall–Kier alpha value is -2.24. The molecule has 0 spiro atoms. The molecule has 1 amide bonds. The normalized spacial score (nSPS) is 15.4. The number of carbonyl (C=O) groups is 1. The number of piperazine rings is 1. The Balaban J connectivity index is 1.76. The van der Waals surface area contributed by atoms with Gasteiger partial charge in [-0.1, -0.05) is 42.8 Å². The summed E-state index contributed by atoms with van der Waals surface area (Å²) in [5, 5.41) is 3.67. The molecule has 1 fully saturated rings. The molecule has 0 radical (unpaired) electrons. The van der Waals surface area contributed by atoms with Gasteiger partial charge in [-0.05, 0) is 44.7 Å². The zero-order valence-corrected chi connectivity index (χ0v) is 17.5. The van der Waals surface area contributed by atoms with Crippen LogP contribution in [0.2, 0.25) is 5.02 Å². The lowest BCUT2D eigenvalue weighted by Gasteiger charge is -2.37. The number of benzene rings is 2. The van der Waals surface area contributed by atoms with Crippen molar-refractivity contribution in [1.82, 2.24) is 4.90 Å². The lowest BCUT2D eigenvalue weighted by Crippen LogP contribution is -2.47. The first-order chi connectivity index (χ1) is 13.4. The molecule has 150 valence electrons. The quantitative estimate of drug-likeness (QED) is 0.784. The number of hydrogen-bond acceptors (Lipinski definition) is 4. The summed E-state index contributed by atoms with van der Waals surface area (Å²) < 4.78 is 5.91. The van der Waals surface area contributed by atoms with E-state index in [0.29, 0.717) is 16.5 Å². The summed E-state index contributed by atoms with van der Waals surface area (Å²) in [6.07, 6.45) is 0. The van der Waals surface area contributed by atoms with E-state index in [2.05, 4.69) is 22.0 Å². The fourth-order valence-corrected chi connectivity index (χ4v) is 3.62. The first-order valence-electron chi connectivity index (χ1n) is 9.72. The standard InChI is InChI=1S/C22H28ClN3O2/c1-4-25-13-15-26(16-14-25)20-18(23)11-8-12-19(20)24-21(27)22(2,3)28-17-9-6-5-7-10-17/h5-12H,4,13-16H2,1-3H3,(H,24,27). The van der Waals surface area contributed by atoms with Crippen LogP contribution >= 0.6 is 11.6 Å². The van der Waals surface area contributed by atoms with Crippen LogP contribution in [-0.4, -0.2) is 49.1 Å². The first-order valence-corrected chi connectivity index (χ1v) is 10.1. The molecule has 1 saturated heterocycles. The number of anilines is 2. The minimum Gasteiger partial charge on any atom is -0.478 e. The van der Waals surface area contributed by atoms with E-state index in [1.54, 1.807) is 13.8 Å². The van der Waals surface area contributed by atoms with Gasteiger partial charge in [-0.25, -0.2) is 0 Å². The van der Waals surface area contributed by atoms with E-state index in [0.717, 1.165) is 38.4 Å². The zero-order valence-electron chi connectivity index (χ0n) is 16.7. The highest BCUT2D eigenvalue weighted by molar-refractivity contribution is 6.34. The van der Waals surface area contributed by atoms with E-state index in [-0.39, 0.29) is 5.91 Å². The topological polar surface area (TPSA) is 44.8 Å². The molecular formula is C22H28ClN3O2. The maximum absolute atomic E-state index is 13.0. The van der Waals surface area contributed by atoms with Gasteiger partial charge in [-0.2, -0.15) is 0 Å². The monoisotopic (exact) mass is 401 g/mol. The molecule has 5 nitrogen and oxygen atoms in total. The van der Waals surface area contributed by atoms with E-state index in [1.807, 2.05) is 48.5 Å². The fraction of sp³-hybridized carbons (Fsp3) is 0.409. The molecule has 1 aliphatic rings. The van der Waals surface area contributed by atoms with E-state index in [1.165, 1.54) is 0 Å². The van der Waals surface area contributed by atoms with Crippen molar-refractivity contribution in [2.45, 2.75) is 26.4 Å².